The van der Waals surface area contributed by atoms with Gasteiger partial charge in [-0.3, -0.25) is 0 Å². The first kappa shape index (κ1) is 7.00. The fourth-order valence-electron chi connectivity index (χ4n) is 0.730. The van der Waals surface area contributed by atoms with Crippen molar-refractivity contribution in [3.05, 3.63) is 48.6 Å². The molecule has 0 saturated carbocycles. The van der Waals surface area contributed by atoms with Crippen LogP contribution in [0.4, 0.5) is 4.39 Å². The number of benzene rings is 1. The zero-order valence-corrected chi connectivity index (χ0v) is 5.55. The van der Waals surface area contributed by atoms with E-state index in [0.29, 0.717) is 0 Å². The molecule has 1 rings (SSSR count). The van der Waals surface area contributed by atoms with Crippen LogP contribution in [0.25, 0.3) is 6.08 Å². The molecule has 1 aromatic carbocycles. The fourth-order valence-corrected chi connectivity index (χ4v) is 0.730. The molecule has 0 aromatic heterocycles. The Balaban J connectivity index is 2.87. The van der Waals surface area contributed by atoms with Gasteiger partial charge in [-0.05, 0) is 11.6 Å². The molecule has 0 aliphatic heterocycles. The van der Waals surface area contributed by atoms with Crippen LogP contribution in [0.5, 0.6) is 0 Å². The minimum Gasteiger partial charge on any atom is -0.212 e. The van der Waals surface area contributed by atoms with Crippen molar-refractivity contribution in [1.29, 1.82) is 0 Å². The second-order valence-electron chi connectivity index (χ2n) is 2.00. The van der Waals surface area contributed by atoms with Gasteiger partial charge in [-0.15, -0.1) is 0 Å². The highest BCUT2D eigenvalue weighted by molar-refractivity contribution is 5.51. The van der Waals surface area contributed by atoms with Gasteiger partial charge in [0.15, 0.2) is 0 Å². The van der Waals surface area contributed by atoms with Crippen molar-refractivity contribution in [1.82, 2.24) is 0 Å². The summed E-state index contributed by atoms with van der Waals surface area (Å²) in [5.74, 6) is -0.411. The molecule has 0 unspecified atom stereocenters. The summed E-state index contributed by atoms with van der Waals surface area (Å²) in [7, 11) is 0. The Hall–Kier alpha value is -1.11. The third-order valence-corrected chi connectivity index (χ3v) is 1.12. The van der Waals surface area contributed by atoms with Crippen LogP contribution < -0.4 is 0 Å². The first-order chi connectivity index (χ1) is 4.79. The molecule has 0 N–H and O–H groups in total. The quantitative estimate of drug-likeness (QED) is 0.555. The van der Waals surface area contributed by atoms with Crippen LogP contribution in [0.3, 0.4) is 0 Å². The summed E-state index contributed by atoms with van der Waals surface area (Å²) < 4.78 is 12.1. The lowest BCUT2D eigenvalue weighted by molar-refractivity contribution is 0.673. The molecule has 51 valence electrons. The van der Waals surface area contributed by atoms with Gasteiger partial charge in [0.2, 0.25) is 0 Å². The first-order valence-corrected chi connectivity index (χ1v) is 3.03. The van der Waals surface area contributed by atoms with E-state index in [-0.39, 0.29) is 0 Å². The van der Waals surface area contributed by atoms with Gasteiger partial charge in [0.05, 0.1) is 0 Å². The predicted octanol–water partition coefficient (Wildman–Crippen LogP) is 2.83. The Morgan fingerprint density at radius 1 is 1.30 bits per heavy atom. The lowest BCUT2D eigenvalue weighted by Gasteiger charge is -1.89. The molecule has 1 heteroatoms. The SMILES string of the molecule is [CH2]/C(F)=C\c1ccccc1. The van der Waals surface area contributed by atoms with E-state index in [9.17, 15) is 4.39 Å². The standard InChI is InChI=1S/C9H8F/c1-8(10)7-9-5-3-2-4-6-9/h2-7H,1H2/b8-7+. The van der Waals surface area contributed by atoms with Gasteiger partial charge in [0.1, 0.15) is 5.83 Å². The molecule has 0 saturated heterocycles. The van der Waals surface area contributed by atoms with E-state index in [1.165, 1.54) is 6.08 Å². The zero-order chi connectivity index (χ0) is 7.40. The summed E-state index contributed by atoms with van der Waals surface area (Å²) in [6.45, 7) is 3.13. The Labute approximate surface area is 60.0 Å². The van der Waals surface area contributed by atoms with Gasteiger partial charge >= 0.3 is 0 Å². The number of rotatable bonds is 1. The molecule has 0 bridgehead atoms. The van der Waals surface area contributed by atoms with E-state index in [1.807, 2.05) is 30.3 Å². The van der Waals surface area contributed by atoms with Gasteiger partial charge < -0.3 is 0 Å². The van der Waals surface area contributed by atoms with Gasteiger partial charge in [0, 0.05) is 6.92 Å². The smallest absolute Gasteiger partial charge is 0.101 e. The maximum absolute atomic E-state index is 12.1. The third-order valence-electron chi connectivity index (χ3n) is 1.12. The lowest BCUT2D eigenvalue weighted by atomic mass is 10.2. The molecule has 0 heterocycles. The summed E-state index contributed by atoms with van der Waals surface area (Å²) >= 11 is 0. The molecular weight excluding hydrogens is 127 g/mol. The van der Waals surface area contributed by atoms with Gasteiger partial charge in [-0.25, -0.2) is 4.39 Å². The highest BCUT2D eigenvalue weighted by Crippen LogP contribution is 2.05. The number of hydrogen-bond donors (Lipinski definition) is 0. The van der Waals surface area contributed by atoms with Crippen molar-refractivity contribution in [3.8, 4) is 0 Å². The van der Waals surface area contributed by atoms with E-state index in [2.05, 4.69) is 6.92 Å². The monoisotopic (exact) mass is 135 g/mol. The second-order valence-corrected chi connectivity index (χ2v) is 2.00. The predicted molar refractivity (Wildman–Crippen MR) is 40.9 cm³/mol. The molecule has 0 amide bonds. The normalized spacial score (nSPS) is 11.6. The van der Waals surface area contributed by atoms with E-state index in [1.54, 1.807) is 0 Å². The zero-order valence-electron chi connectivity index (χ0n) is 5.55. The topological polar surface area (TPSA) is 0 Å². The van der Waals surface area contributed by atoms with Crippen molar-refractivity contribution in [3.63, 3.8) is 0 Å². The molecule has 10 heavy (non-hydrogen) atoms. The number of hydrogen-bond acceptors (Lipinski definition) is 0. The van der Waals surface area contributed by atoms with Crippen molar-refractivity contribution in [2.75, 3.05) is 0 Å². The summed E-state index contributed by atoms with van der Waals surface area (Å²) in [6.07, 6.45) is 1.39. The number of allylic oxidation sites excluding steroid dienone is 1. The first-order valence-electron chi connectivity index (χ1n) is 3.03. The fraction of sp³-hybridized carbons (Fsp3) is 0. The highest BCUT2D eigenvalue weighted by atomic mass is 19.1. The Morgan fingerprint density at radius 2 is 1.90 bits per heavy atom. The van der Waals surface area contributed by atoms with Crippen LogP contribution in [0.2, 0.25) is 0 Å². The van der Waals surface area contributed by atoms with Gasteiger partial charge in [-0.2, -0.15) is 0 Å². The maximum Gasteiger partial charge on any atom is 0.101 e. The average molecular weight is 135 g/mol. The van der Waals surface area contributed by atoms with Crippen molar-refractivity contribution < 1.29 is 4.39 Å². The molecule has 0 atom stereocenters. The van der Waals surface area contributed by atoms with Crippen LogP contribution in [-0.2, 0) is 0 Å². The number of halogens is 1. The van der Waals surface area contributed by atoms with E-state index in [0.717, 1.165) is 5.56 Å². The Kier molecular flexibility index (Phi) is 2.21. The molecule has 0 fully saturated rings. The van der Waals surface area contributed by atoms with Gasteiger partial charge in [0.25, 0.3) is 0 Å². The van der Waals surface area contributed by atoms with Crippen molar-refractivity contribution >= 4 is 6.08 Å². The van der Waals surface area contributed by atoms with Crippen LogP contribution in [-0.4, -0.2) is 0 Å². The van der Waals surface area contributed by atoms with Crippen LogP contribution in [0.1, 0.15) is 5.56 Å². The highest BCUT2D eigenvalue weighted by Gasteiger charge is 1.85. The Bertz CT molecular complexity index is 220. The summed E-state index contributed by atoms with van der Waals surface area (Å²) in [5, 5.41) is 0. The van der Waals surface area contributed by atoms with Crippen molar-refractivity contribution in [2.24, 2.45) is 0 Å². The molecule has 1 radical (unpaired) electrons. The largest absolute Gasteiger partial charge is 0.212 e. The summed E-state index contributed by atoms with van der Waals surface area (Å²) in [6, 6.07) is 9.25. The van der Waals surface area contributed by atoms with E-state index in [4.69, 9.17) is 0 Å². The minimum atomic E-state index is -0.411. The molecule has 0 aliphatic carbocycles. The second kappa shape index (κ2) is 3.16. The third kappa shape index (κ3) is 2.02. The van der Waals surface area contributed by atoms with Crippen LogP contribution in [0, 0.1) is 6.92 Å². The van der Waals surface area contributed by atoms with Crippen molar-refractivity contribution in [2.45, 2.75) is 0 Å². The van der Waals surface area contributed by atoms with Crippen LogP contribution >= 0.6 is 0 Å². The summed E-state index contributed by atoms with van der Waals surface area (Å²) in [4.78, 5) is 0. The minimum absolute atomic E-state index is 0.411. The average Bonchev–Trinajstić information content (AvgIpc) is 1.88. The van der Waals surface area contributed by atoms with Gasteiger partial charge in [-0.1, -0.05) is 30.3 Å². The molecule has 0 spiro atoms. The Morgan fingerprint density at radius 3 is 2.40 bits per heavy atom. The molecule has 0 nitrogen and oxygen atoms in total. The molecule has 0 aliphatic rings. The maximum atomic E-state index is 12.1. The summed E-state index contributed by atoms with van der Waals surface area (Å²) in [5.41, 5.74) is 0.843. The molecule has 1 aromatic rings. The lowest BCUT2D eigenvalue weighted by Crippen LogP contribution is -1.68. The van der Waals surface area contributed by atoms with Crippen LogP contribution in [0.15, 0.2) is 36.2 Å². The van der Waals surface area contributed by atoms with E-state index < -0.39 is 5.83 Å². The van der Waals surface area contributed by atoms with E-state index >= 15 is 0 Å². The molecular formula is C9H8F.